The van der Waals surface area contributed by atoms with Gasteiger partial charge in [-0.15, -0.1) is 0 Å². The number of carboxylic acid groups (broad SMARTS) is 1. The molecule has 0 aromatic carbocycles. The molecular weight excluding hydrogens is 231 g/mol. The van der Waals surface area contributed by atoms with E-state index >= 15 is 0 Å². The van der Waals surface area contributed by atoms with Crippen molar-refractivity contribution >= 4 is 17.7 Å². The van der Waals surface area contributed by atoms with Gasteiger partial charge in [-0.3, -0.25) is 4.79 Å². The summed E-state index contributed by atoms with van der Waals surface area (Å²) in [6.07, 6.45) is 1.49. The lowest BCUT2D eigenvalue weighted by molar-refractivity contribution is -0.139. The Balaban J connectivity index is 2.17. The summed E-state index contributed by atoms with van der Waals surface area (Å²) < 4.78 is 35.3. The fraction of sp³-hybridized carbons (Fsp3) is 0.875. The van der Waals surface area contributed by atoms with Crippen LogP contribution in [0.3, 0.4) is 0 Å². The third kappa shape index (κ3) is 4.74. The van der Waals surface area contributed by atoms with Crippen molar-refractivity contribution in [1.29, 1.82) is 0 Å². The number of thioether (sulfide) groups is 1. The summed E-state index contributed by atoms with van der Waals surface area (Å²) in [5, 5.41) is 11.4. The second kappa shape index (κ2) is 5.07. The molecule has 7 heteroatoms. The van der Waals surface area contributed by atoms with Gasteiger partial charge in [0.05, 0.1) is 0 Å². The molecule has 1 aliphatic rings. The molecule has 1 aliphatic heterocycles. The van der Waals surface area contributed by atoms with Crippen molar-refractivity contribution in [3.8, 4) is 0 Å². The Kier molecular flexibility index (Phi) is 4.27. The van der Waals surface area contributed by atoms with Crippen molar-refractivity contribution in [1.82, 2.24) is 5.32 Å². The van der Waals surface area contributed by atoms with E-state index in [2.05, 4.69) is 5.32 Å². The minimum absolute atomic E-state index is 0.0203. The summed E-state index contributed by atoms with van der Waals surface area (Å²) in [7, 11) is 0. The van der Waals surface area contributed by atoms with E-state index in [1.54, 1.807) is 0 Å². The molecule has 2 N–H and O–H groups in total. The lowest BCUT2D eigenvalue weighted by Crippen LogP contribution is -2.35. The van der Waals surface area contributed by atoms with E-state index < -0.39 is 17.5 Å². The lowest BCUT2D eigenvalue weighted by atomic mass is 10.1. The second-order valence-electron chi connectivity index (χ2n) is 3.41. The Hall–Kier alpha value is -0.430. The van der Waals surface area contributed by atoms with E-state index in [1.807, 2.05) is 0 Å². The summed E-state index contributed by atoms with van der Waals surface area (Å²) in [6.45, 7) is 0. The van der Waals surface area contributed by atoms with Crippen LogP contribution < -0.4 is 5.32 Å². The Morgan fingerprint density at radius 1 is 1.47 bits per heavy atom. The number of rotatable bonds is 4. The highest BCUT2D eigenvalue weighted by Gasteiger charge is 2.31. The molecule has 0 saturated carbocycles. The first-order chi connectivity index (χ1) is 6.88. The van der Waals surface area contributed by atoms with Crippen LogP contribution in [-0.4, -0.2) is 34.4 Å². The van der Waals surface area contributed by atoms with E-state index in [9.17, 15) is 18.0 Å². The number of hydrogen-bond donors (Lipinski definition) is 2. The van der Waals surface area contributed by atoms with Gasteiger partial charge in [-0.05, 0) is 19.3 Å². The summed E-state index contributed by atoms with van der Waals surface area (Å²) in [6, 6.07) is -0.688. The molecule has 1 fully saturated rings. The molecule has 0 aromatic heterocycles. The maximum atomic E-state index is 11.8. The van der Waals surface area contributed by atoms with Crippen LogP contribution >= 0.6 is 11.8 Å². The van der Waals surface area contributed by atoms with Crippen molar-refractivity contribution < 1.29 is 23.1 Å². The predicted octanol–water partition coefficient (Wildman–Crippen LogP) is 1.83. The number of halogens is 3. The fourth-order valence-electron chi connectivity index (χ4n) is 1.56. The van der Waals surface area contributed by atoms with Crippen LogP contribution in [0.15, 0.2) is 0 Å². The SMILES string of the molecule is O=C(O)C1CCC(CCSC(F)(F)F)N1. The maximum Gasteiger partial charge on any atom is 0.441 e. The van der Waals surface area contributed by atoms with Crippen molar-refractivity contribution in [3.05, 3.63) is 0 Å². The molecule has 0 spiro atoms. The number of nitrogens with one attached hydrogen (secondary N) is 1. The largest absolute Gasteiger partial charge is 0.480 e. The van der Waals surface area contributed by atoms with Crippen LogP contribution in [0.4, 0.5) is 13.2 Å². The first kappa shape index (κ1) is 12.6. The maximum absolute atomic E-state index is 11.8. The average Bonchev–Trinajstić information content (AvgIpc) is 2.50. The number of carboxylic acids is 1. The van der Waals surface area contributed by atoms with Crippen LogP contribution in [0.2, 0.25) is 0 Å². The standard InChI is InChI=1S/C8H12F3NO2S/c9-8(10,11)15-4-3-5-1-2-6(12-5)7(13)14/h5-6,12H,1-4H2,(H,13,14). The molecule has 88 valence electrons. The van der Waals surface area contributed by atoms with E-state index in [0.29, 0.717) is 19.3 Å². The summed E-state index contributed by atoms with van der Waals surface area (Å²) in [4.78, 5) is 10.5. The minimum Gasteiger partial charge on any atom is -0.480 e. The van der Waals surface area contributed by atoms with E-state index in [-0.39, 0.29) is 23.6 Å². The molecule has 1 saturated heterocycles. The molecule has 15 heavy (non-hydrogen) atoms. The number of alkyl halides is 3. The zero-order valence-corrected chi connectivity index (χ0v) is 8.70. The first-order valence-corrected chi connectivity index (χ1v) is 5.56. The Morgan fingerprint density at radius 2 is 2.13 bits per heavy atom. The van der Waals surface area contributed by atoms with Crippen LogP contribution in [-0.2, 0) is 4.79 Å². The van der Waals surface area contributed by atoms with Crippen LogP contribution in [0, 0.1) is 0 Å². The smallest absolute Gasteiger partial charge is 0.441 e. The molecule has 2 unspecified atom stereocenters. The Labute approximate surface area is 89.4 Å². The van der Waals surface area contributed by atoms with Gasteiger partial charge in [-0.2, -0.15) is 13.2 Å². The van der Waals surface area contributed by atoms with Gasteiger partial charge in [-0.1, -0.05) is 11.8 Å². The van der Waals surface area contributed by atoms with Gasteiger partial charge in [0.1, 0.15) is 6.04 Å². The van der Waals surface area contributed by atoms with E-state index in [1.165, 1.54) is 0 Å². The van der Waals surface area contributed by atoms with Gasteiger partial charge >= 0.3 is 11.5 Å². The molecule has 0 aliphatic carbocycles. The predicted molar refractivity (Wildman–Crippen MR) is 50.7 cm³/mol. The van der Waals surface area contributed by atoms with Crippen LogP contribution in [0.25, 0.3) is 0 Å². The molecule has 0 aromatic rings. The molecular formula is C8H12F3NO2S. The molecule has 0 bridgehead atoms. The monoisotopic (exact) mass is 243 g/mol. The van der Waals surface area contributed by atoms with Crippen molar-refractivity contribution in [2.75, 3.05) is 5.75 Å². The van der Waals surface area contributed by atoms with Gasteiger partial charge in [0.2, 0.25) is 0 Å². The third-order valence-corrected chi connectivity index (χ3v) is 3.04. The quantitative estimate of drug-likeness (QED) is 0.791. The molecule has 1 heterocycles. The van der Waals surface area contributed by atoms with Gasteiger partial charge in [0.15, 0.2) is 0 Å². The molecule has 2 atom stereocenters. The number of carbonyl (C=O) groups is 1. The van der Waals surface area contributed by atoms with Gasteiger partial charge in [-0.25, -0.2) is 0 Å². The van der Waals surface area contributed by atoms with Crippen molar-refractivity contribution in [2.24, 2.45) is 0 Å². The van der Waals surface area contributed by atoms with Crippen molar-refractivity contribution in [2.45, 2.75) is 36.9 Å². The van der Waals surface area contributed by atoms with Crippen molar-refractivity contribution in [3.63, 3.8) is 0 Å². The summed E-state index contributed by atoms with van der Waals surface area (Å²) >= 11 is -0.0574. The van der Waals surface area contributed by atoms with E-state index in [4.69, 9.17) is 5.11 Å². The fourth-order valence-corrected chi connectivity index (χ4v) is 2.19. The minimum atomic E-state index is -4.19. The Bertz CT molecular complexity index is 234. The summed E-state index contributed by atoms with van der Waals surface area (Å²) in [5.41, 5.74) is -4.19. The highest BCUT2D eigenvalue weighted by molar-refractivity contribution is 8.00. The van der Waals surface area contributed by atoms with Crippen LogP contribution in [0.1, 0.15) is 19.3 Å². The highest BCUT2D eigenvalue weighted by Crippen LogP contribution is 2.31. The number of aliphatic carboxylic acids is 1. The Morgan fingerprint density at radius 3 is 2.60 bits per heavy atom. The molecule has 0 amide bonds. The third-order valence-electron chi connectivity index (χ3n) is 2.27. The molecule has 0 radical (unpaired) electrons. The topological polar surface area (TPSA) is 49.3 Å². The molecule has 3 nitrogen and oxygen atoms in total. The van der Waals surface area contributed by atoms with Gasteiger partial charge in [0, 0.05) is 11.8 Å². The lowest BCUT2D eigenvalue weighted by Gasteiger charge is -2.12. The molecule has 1 rings (SSSR count). The second-order valence-corrected chi connectivity index (χ2v) is 4.57. The van der Waals surface area contributed by atoms with Gasteiger partial charge < -0.3 is 10.4 Å². The highest BCUT2D eigenvalue weighted by atomic mass is 32.2. The normalized spacial score (nSPS) is 26.9. The average molecular weight is 243 g/mol. The number of hydrogen-bond acceptors (Lipinski definition) is 3. The zero-order chi connectivity index (χ0) is 11.5. The first-order valence-electron chi connectivity index (χ1n) is 4.58. The van der Waals surface area contributed by atoms with Gasteiger partial charge in [0.25, 0.3) is 0 Å². The zero-order valence-electron chi connectivity index (χ0n) is 7.88. The van der Waals surface area contributed by atoms with E-state index in [0.717, 1.165) is 0 Å². The summed E-state index contributed by atoms with van der Waals surface area (Å²) in [5.74, 6) is -0.950. The van der Waals surface area contributed by atoms with Crippen LogP contribution in [0.5, 0.6) is 0 Å².